The number of carbonyl (C=O) groups is 1. The molecule has 0 unspecified atom stereocenters. The molecule has 1 atom stereocenters. The monoisotopic (exact) mass is 332 g/mol. The maximum Gasteiger partial charge on any atom is 0.246 e. The van der Waals surface area contributed by atoms with Crippen LogP contribution in [0.15, 0.2) is 48.5 Å². The van der Waals surface area contributed by atoms with E-state index in [9.17, 15) is 4.79 Å². The highest BCUT2D eigenvalue weighted by atomic mass is 35.5. The highest BCUT2D eigenvalue weighted by molar-refractivity contribution is 6.35. The molecule has 0 aliphatic rings. The summed E-state index contributed by atoms with van der Waals surface area (Å²) in [5.74, 6) is 2.24. The van der Waals surface area contributed by atoms with E-state index in [-0.39, 0.29) is 12.5 Å². The normalized spacial score (nSPS) is 11.5. The number of hydrogen-bond donors (Lipinski definition) is 2. The van der Waals surface area contributed by atoms with Crippen molar-refractivity contribution in [2.24, 2.45) is 0 Å². The van der Waals surface area contributed by atoms with Crippen LogP contribution < -0.4 is 10.6 Å². The summed E-state index contributed by atoms with van der Waals surface area (Å²) in [6.07, 6.45) is 5.27. The van der Waals surface area contributed by atoms with Crippen molar-refractivity contribution in [3.63, 3.8) is 0 Å². The molecule has 0 saturated heterocycles. The quantitative estimate of drug-likeness (QED) is 0.815. The third-order valence-electron chi connectivity index (χ3n) is 2.93. The van der Waals surface area contributed by atoms with Crippen LogP contribution in [0.3, 0.4) is 0 Å². The number of carbonyl (C=O) groups excluding carboxylic acids is 1. The van der Waals surface area contributed by atoms with E-state index < -0.39 is 6.04 Å². The van der Waals surface area contributed by atoms with Crippen LogP contribution in [0.4, 0.5) is 5.69 Å². The molecule has 0 heterocycles. The second kappa shape index (κ2) is 7.86. The van der Waals surface area contributed by atoms with E-state index in [1.807, 2.05) is 30.3 Å². The molecule has 0 saturated carbocycles. The Kier molecular flexibility index (Phi) is 5.85. The Morgan fingerprint density at radius 2 is 1.77 bits per heavy atom. The minimum Gasteiger partial charge on any atom is -0.324 e. The smallest absolute Gasteiger partial charge is 0.246 e. The van der Waals surface area contributed by atoms with E-state index in [4.69, 9.17) is 29.6 Å². The van der Waals surface area contributed by atoms with Crippen LogP contribution in [0.5, 0.6) is 0 Å². The molecule has 0 bridgehead atoms. The molecular weight excluding hydrogens is 319 g/mol. The van der Waals surface area contributed by atoms with Gasteiger partial charge in [0, 0.05) is 15.7 Å². The highest BCUT2D eigenvalue weighted by Crippen LogP contribution is 2.23. The number of nitrogens with one attached hydrogen (secondary N) is 2. The van der Waals surface area contributed by atoms with Crippen LogP contribution >= 0.6 is 23.2 Å². The molecule has 2 N–H and O–H groups in total. The Morgan fingerprint density at radius 3 is 2.36 bits per heavy atom. The SMILES string of the molecule is C#CCN[C@H](C(=O)Nc1cc(Cl)cc(Cl)c1)c1ccccc1. The van der Waals surface area contributed by atoms with Gasteiger partial charge in [-0.25, -0.2) is 0 Å². The third kappa shape index (κ3) is 4.51. The summed E-state index contributed by atoms with van der Waals surface area (Å²) in [6.45, 7) is 0.281. The number of benzene rings is 2. The van der Waals surface area contributed by atoms with Gasteiger partial charge in [0.2, 0.25) is 5.91 Å². The van der Waals surface area contributed by atoms with E-state index in [0.717, 1.165) is 5.56 Å². The molecule has 0 spiro atoms. The molecule has 1 amide bonds. The van der Waals surface area contributed by atoms with Crippen LogP contribution in [0, 0.1) is 12.3 Å². The number of amides is 1. The first-order valence-corrected chi connectivity index (χ1v) is 7.34. The zero-order chi connectivity index (χ0) is 15.9. The molecule has 0 aliphatic heterocycles. The summed E-state index contributed by atoms with van der Waals surface area (Å²) in [6, 6.07) is 13.6. The molecule has 0 aliphatic carbocycles. The van der Waals surface area contributed by atoms with Crippen LogP contribution in [-0.4, -0.2) is 12.5 Å². The largest absolute Gasteiger partial charge is 0.324 e. The maximum absolute atomic E-state index is 12.5. The first-order chi connectivity index (χ1) is 10.6. The van der Waals surface area contributed by atoms with Crippen molar-refractivity contribution in [1.29, 1.82) is 0 Å². The lowest BCUT2D eigenvalue weighted by Gasteiger charge is -2.18. The van der Waals surface area contributed by atoms with Crippen LogP contribution in [0.1, 0.15) is 11.6 Å². The summed E-state index contributed by atoms with van der Waals surface area (Å²) in [7, 11) is 0. The minimum atomic E-state index is -0.560. The predicted octanol–water partition coefficient (Wildman–Crippen LogP) is 3.90. The Bertz CT molecular complexity index is 675. The predicted molar refractivity (Wildman–Crippen MR) is 91.1 cm³/mol. The van der Waals surface area contributed by atoms with E-state index >= 15 is 0 Å². The van der Waals surface area contributed by atoms with E-state index in [1.165, 1.54) is 0 Å². The molecular formula is C17H14Cl2N2O. The molecule has 3 nitrogen and oxygen atoms in total. The van der Waals surface area contributed by atoms with Gasteiger partial charge in [-0.15, -0.1) is 6.42 Å². The average Bonchev–Trinajstić information content (AvgIpc) is 2.47. The maximum atomic E-state index is 12.5. The van der Waals surface area contributed by atoms with Crippen molar-refractivity contribution in [1.82, 2.24) is 5.32 Å². The topological polar surface area (TPSA) is 41.1 Å². The van der Waals surface area contributed by atoms with E-state index in [1.54, 1.807) is 18.2 Å². The van der Waals surface area contributed by atoms with Crippen molar-refractivity contribution < 1.29 is 4.79 Å². The number of halogens is 2. The lowest BCUT2D eigenvalue weighted by Crippen LogP contribution is -2.33. The Balaban J connectivity index is 2.20. The Morgan fingerprint density at radius 1 is 1.14 bits per heavy atom. The van der Waals surface area contributed by atoms with Crippen LogP contribution in [-0.2, 0) is 4.79 Å². The number of terminal acetylenes is 1. The van der Waals surface area contributed by atoms with Gasteiger partial charge in [-0.1, -0.05) is 59.5 Å². The van der Waals surface area contributed by atoms with Gasteiger partial charge >= 0.3 is 0 Å². The molecule has 2 rings (SSSR count). The van der Waals surface area contributed by atoms with Crippen molar-refractivity contribution in [3.05, 3.63) is 64.1 Å². The van der Waals surface area contributed by atoms with Crippen molar-refractivity contribution in [2.75, 3.05) is 11.9 Å². The van der Waals surface area contributed by atoms with Gasteiger partial charge in [-0.2, -0.15) is 0 Å². The molecule has 5 heteroatoms. The molecule has 0 radical (unpaired) electrons. The van der Waals surface area contributed by atoms with Crippen LogP contribution in [0.2, 0.25) is 10.0 Å². The Hall–Kier alpha value is -1.99. The Labute approximate surface area is 139 Å². The molecule has 2 aromatic rings. The average molecular weight is 333 g/mol. The summed E-state index contributed by atoms with van der Waals surface area (Å²) >= 11 is 11.9. The van der Waals surface area contributed by atoms with E-state index in [0.29, 0.717) is 15.7 Å². The molecule has 0 aromatic heterocycles. The van der Waals surface area contributed by atoms with Gasteiger partial charge in [0.15, 0.2) is 0 Å². The fraction of sp³-hybridized carbons (Fsp3) is 0.118. The fourth-order valence-electron chi connectivity index (χ4n) is 2.01. The zero-order valence-electron chi connectivity index (χ0n) is 11.6. The summed E-state index contributed by atoms with van der Waals surface area (Å²) in [5, 5.41) is 6.72. The van der Waals surface area contributed by atoms with Gasteiger partial charge in [-0.3, -0.25) is 10.1 Å². The number of hydrogen-bond acceptors (Lipinski definition) is 2. The first kappa shape index (κ1) is 16.4. The second-order valence-electron chi connectivity index (χ2n) is 4.58. The van der Waals surface area contributed by atoms with Crippen molar-refractivity contribution in [2.45, 2.75) is 6.04 Å². The fourth-order valence-corrected chi connectivity index (χ4v) is 2.53. The van der Waals surface area contributed by atoms with Gasteiger partial charge < -0.3 is 5.32 Å². The minimum absolute atomic E-state index is 0.236. The summed E-state index contributed by atoms with van der Waals surface area (Å²) in [5.41, 5.74) is 1.36. The molecule has 22 heavy (non-hydrogen) atoms. The standard InChI is InChI=1S/C17H14Cl2N2O/c1-2-8-20-16(12-6-4-3-5-7-12)17(22)21-15-10-13(18)9-14(19)11-15/h1,3-7,9-11,16,20H,8H2,(H,21,22)/t16-/m0/s1. The van der Waals surface area contributed by atoms with Crippen molar-refractivity contribution in [3.8, 4) is 12.3 Å². The van der Waals surface area contributed by atoms with Crippen LogP contribution in [0.25, 0.3) is 0 Å². The third-order valence-corrected chi connectivity index (χ3v) is 3.37. The highest BCUT2D eigenvalue weighted by Gasteiger charge is 2.19. The van der Waals surface area contributed by atoms with Crippen molar-refractivity contribution >= 4 is 34.8 Å². The van der Waals surface area contributed by atoms with Gasteiger partial charge in [0.25, 0.3) is 0 Å². The first-order valence-electron chi connectivity index (χ1n) is 6.59. The zero-order valence-corrected chi connectivity index (χ0v) is 13.2. The van der Waals surface area contributed by atoms with Gasteiger partial charge in [0.05, 0.1) is 6.54 Å². The van der Waals surface area contributed by atoms with E-state index in [2.05, 4.69) is 16.6 Å². The van der Waals surface area contributed by atoms with Gasteiger partial charge in [-0.05, 0) is 23.8 Å². The lowest BCUT2D eigenvalue weighted by atomic mass is 10.1. The summed E-state index contributed by atoms with van der Waals surface area (Å²) < 4.78 is 0. The lowest BCUT2D eigenvalue weighted by molar-refractivity contribution is -0.118. The number of rotatable bonds is 5. The molecule has 0 fully saturated rings. The number of anilines is 1. The van der Waals surface area contributed by atoms with Gasteiger partial charge in [0.1, 0.15) is 6.04 Å². The summed E-state index contributed by atoms with van der Waals surface area (Å²) in [4.78, 5) is 12.5. The molecule has 2 aromatic carbocycles. The second-order valence-corrected chi connectivity index (χ2v) is 5.45. The molecule has 112 valence electrons.